The Hall–Kier alpha value is -1.46. The van der Waals surface area contributed by atoms with Crippen LogP contribution in [-0.2, 0) is 4.74 Å². The Kier molecular flexibility index (Phi) is 9.05. The molecule has 4 rings (SSSR count). The average Bonchev–Trinajstić information content (AvgIpc) is 3.19. The van der Waals surface area contributed by atoms with Crippen molar-refractivity contribution in [2.45, 2.75) is 118 Å². The summed E-state index contributed by atoms with van der Waals surface area (Å²) in [6.45, 7) is 13.4. The van der Waals surface area contributed by atoms with Crippen molar-refractivity contribution in [1.29, 1.82) is 5.41 Å². The molecule has 212 valence electrons. The third kappa shape index (κ3) is 6.08. The van der Waals surface area contributed by atoms with Crippen molar-refractivity contribution in [2.75, 3.05) is 13.1 Å². The zero-order valence-corrected chi connectivity index (χ0v) is 24.4. The Morgan fingerprint density at radius 2 is 1.65 bits per heavy atom. The second kappa shape index (κ2) is 11.7. The highest BCUT2D eigenvalue weighted by molar-refractivity contribution is 5.74. The van der Waals surface area contributed by atoms with Gasteiger partial charge in [0, 0.05) is 13.1 Å². The number of carbonyl (C=O) groups excluding carboxylic acids is 1. The Labute approximate surface area is 226 Å². The van der Waals surface area contributed by atoms with Crippen LogP contribution in [0.15, 0.2) is 0 Å². The fraction of sp³-hybridized carbons (Fsp3) is 0.935. The molecule has 0 bridgehead atoms. The standard InChI is InChI=1S/C31H56N4O2/c1-20(2)7-6-8-21(3)25-11-12-26-24-10-9-22-19-23(37-29(36)35-18-17-34-28(32)33)13-15-30(22,4)27(24)14-16-31(25,26)5/h20-27H,6-19H2,1-5H3,(H,35,36)(H4,32,33,34)/t21-,22?,23?,24+,25?,26+,27+,30+,31-/m1/s1. The topological polar surface area (TPSA) is 100 Å². The Bertz CT molecular complexity index is 802. The van der Waals surface area contributed by atoms with E-state index in [-0.39, 0.29) is 18.2 Å². The van der Waals surface area contributed by atoms with Crippen molar-refractivity contribution in [1.82, 2.24) is 10.6 Å². The highest BCUT2D eigenvalue weighted by atomic mass is 16.6. The van der Waals surface area contributed by atoms with Gasteiger partial charge in [-0.25, -0.2) is 4.79 Å². The van der Waals surface area contributed by atoms with E-state index in [9.17, 15) is 4.79 Å². The van der Waals surface area contributed by atoms with Crippen LogP contribution >= 0.6 is 0 Å². The quantitative estimate of drug-likeness (QED) is 0.156. The molecule has 0 heterocycles. The number of hydrogen-bond acceptors (Lipinski definition) is 3. The van der Waals surface area contributed by atoms with E-state index in [1.165, 1.54) is 64.2 Å². The van der Waals surface area contributed by atoms with E-state index in [1.54, 1.807) is 0 Å². The molecule has 0 aromatic heterocycles. The summed E-state index contributed by atoms with van der Waals surface area (Å²) in [6.07, 6.45) is 15.6. The van der Waals surface area contributed by atoms with Crippen LogP contribution in [0, 0.1) is 57.7 Å². The van der Waals surface area contributed by atoms with Crippen LogP contribution in [-0.4, -0.2) is 31.2 Å². The Morgan fingerprint density at radius 1 is 0.946 bits per heavy atom. The van der Waals surface area contributed by atoms with Crippen molar-refractivity contribution < 1.29 is 9.53 Å². The van der Waals surface area contributed by atoms with Crippen LogP contribution in [0.3, 0.4) is 0 Å². The molecular formula is C31H56N4O2. The minimum absolute atomic E-state index is 0.0341. The van der Waals surface area contributed by atoms with Crippen molar-refractivity contribution >= 4 is 12.1 Å². The van der Waals surface area contributed by atoms with Gasteiger partial charge < -0.3 is 21.1 Å². The summed E-state index contributed by atoms with van der Waals surface area (Å²) in [7, 11) is 0. The molecule has 4 saturated carbocycles. The number of guanidine groups is 1. The molecule has 1 amide bonds. The molecular weight excluding hydrogens is 460 g/mol. The third-order valence-corrected chi connectivity index (χ3v) is 11.8. The lowest BCUT2D eigenvalue weighted by Gasteiger charge is -2.61. The molecule has 0 aromatic carbocycles. The van der Waals surface area contributed by atoms with E-state index < -0.39 is 0 Å². The van der Waals surface area contributed by atoms with Gasteiger partial charge in [0.25, 0.3) is 0 Å². The molecule has 37 heavy (non-hydrogen) atoms. The van der Waals surface area contributed by atoms with E-state index in [0.717, 1.165) is 48.3 Å². The van der Waals surface area contributed by atoms with E-state index in [4.69, 9.17) is 15.9 Å². The monoisotopic (exact) mass is 516 g/mol. The largest absolute Gasteiger partial charge is 0.446 e. The van der Waals surface area contributed by atoms with Gasteiger partial charge in [0.2, 0.25) is 0 Å². The fourth-order valence-corrected chi connectivity index (χ4v) is 9.91. The number of alkyl carbamates (subject to hydrolysis) is 1. The predicted octanol–water partition coefficient (Wildman–Crippen LogP) is 6.69. The normalized spacial score (nSPS) is 39.7. The third-order valence-electron chi connectivity index (χ3n) is 11.8. The van der Waals surface area contributed by atoms with Gasteiger partial charge in [-0.2, -0.15) is 0 Å². The molecule has 5 N–H and O–H groups in total. The molecule has 4 aliphatic carbocycles. The maximum absolute atomic E-state index is 12.3. The Morgan fingerprint density at radius 3 is 2.38 bits per heavy atom. The molecule has 0 aliphatic heterocycles. The molecule has 4 fully saturated rings. The van der Waals surface area contributed by atoms with Gasteiger partial charge in [0.1, 0.15) is 6.10 Å². The summed E-state index contributed by atoms with van der Waals surface area (Å²) in [5, 5.41) is 12.7. The number of ether oxygens (including phenoxy) is 1. The number of hydrogen-bond donors (Lipinski definition) is 4. The number of fused-ring (bicyclic) bond motifs is 5. The summed E-state index contributed by atoms with van der Waals surface area (Å²) < 4.78 is 5.84. The van der Waals surface area contributed by atoms with Crippen LogP contribution in [0.1, 0.15) is 112 Å². The summed E-state index contributed by atoms with van der Waals surface area (Å²) in [5.41, 5.74) is 6.25. The molecule has 4 aliphatic rings. The van der Waals surface area contributed by atoms with Crippen molar-refractivity contribution in [3.63, 3.8) is 0 Å². The van der Waals surface area contributed by atoms with E-state index in [0.29, 0.717) is 29.8 Å². The number of nitrogens with two attached hydrogens (primary N) is 1. The fourth-order valence-electron chi connectivity index (χ4n) is 9.91. The van der Waals surface area contributed by atoms with E-state index in [2.05, 4.69) is 45.3 Å². The lowest BCUT2D eigenvalue weighted by molar-refractivity contribution is -0.129. The van der Waals surface area contributed by atoms with Crippen LogP contribution in [0.4, 0.5) is 4.79 Å². The number of rotatable bonds is 9. The average molecular weight is 517 g/mol. The highest BCUT2D eigenvalue weighted by Crippen LogP contribution is 2.68. The molecule has 6 heteroatoms. The number of nitrogens with one attached hydrogen (secondary N) is 3. The first-order chi connectivity index (χ1) is 17.5. The van der Waals surface area contributed by atoms with Crippen LogP contribution < -0.4 is 16.4 Å². The van der Waals surface area contributed by atoms with Gasteiger partial charge in [-0.3, -0.25) is 5.41 Å². The molecule has 9 atom stereocenters. The maximum atomic E-state index is 12.3. The van der Waals surface area contributed by atoms with E-state index in [1.807, 2.05) is 0 Å². The first-order valence-electron chi connectivity index (χ1n) is 15.6. The summed E-state index contributed by atoms with van der Waals surface area (Å²) in [5.74, 6) is 5.90. The first-order valence-corrected chi connectivity index (χ1v) is 15.6. The van der Waals surface area contributed by atoms with Crippen LogP contribution in [0.5, 0.6) is 0 Å². The van der Waals surface area contributed by atoms with Crippen molar-refractivity contribution in [2.24, 2.45) is 58.0 Å². The highest BCUT2D eigenvalue weighted by Gasteiger charge is 2.60. The first kappa shape index (κ1) is 28.5. The second-order valence-corrected chi connectivity index (χ2v) is 14.3. The Balaban J connectivity index is 1.32. The lowest BCUT2D eigenvalue weighted by atomic mass is 9.44. The minimum atomic E-state index is -0.333. The van der Waals surface area contributed by atoms with Gasteiger partial charge >= 0.3 is 6.09 Å². The SMILES string of the molecule is CC(C)CCC[C@@H](C)C1CC[C@H]2[C@@H]3CCC4CC(OC(=O)NCCNC(=N)N)CC[C@]4(C)[C@H]3CC[C@]12C. The van der Waals surface area contributed by atoms with Crippen molar-refractivity contribution in [3.8, 4) is 0 Å². The molecule has 0 aromatic rings. The van der Waals surface area contributed by atoms with Crippen LogP contribution in [0.25, 0.3) is 0 Å². The van der Waals surface area contributed by atoms with Gasteiger partial charge in [-0.1, -0.05) is 53.9 Å². The zero-order valence-electron chi connectivity index (χ0n) is 24.4. The maximum Gasteiger partial charge on any atom is 0.407 e. The zero-order chi connectivity index (χ0) is 26.8. The van der Waals surface area contributed by atoms with E-state index >= 15 is 0 Å². The summed E-state index contributed by atoms with van der Waals surface area (Å²) >= 11 is 0. The lowest BCUT2D eigenvalue weighted by Crippen LogP contribution is -2.54. The number of carbonyl (C=O) groups is 1. The summed E-state index contributed by atoms with van der Waals surface area (Å²) in [6, 6.07) is 0. The predicted molar refractivity (Wildman–Crippen MR) is 151 cm³/mol. The smallest absolute Gasteiger partial charge is 0.407 e. The number of amides is 1. The summed E-state index contributed by atoms with van der Waals surface area (Å²) in [4.78, 5) is 12.3. The van der Waals surface area contributed by atoms with Gasteiger partial charge in [-0.05, 0) is 110 Å². The van der Waals surface area contributed by atoms with Gasteiger partial charge in [0.05, 0.1) is 0 Å². The van der Waals surface area contributed by atoms with Crippen LogP contribution in [0.2, 0.25) is 0 Å². The van der Waals surface area contributed by atoms with Gasteiger partial charge in [0.15, 0.2) is 5.96 Å². The molecule has 0 saturated heterocycles. The molecule has 0 spiro atoms. The van der Waals surface area contributed by atoms with Gasteiger partial charge in [-0.15, -0.1) is 0 Å². The second-order valence-electron chi connectivity index (χ2n) is 14.3. The molecule has 6 nitrogen and oxygen atoms in total. The molecule has 3 unspecified atom stereocenters. The van der Waals surface area contributed by atoms with Crippen molar-refractivity contribution in [3.05, 3.63) is 0 Å². The minimum Gasteiger partial charge on any atom is -0.446 e. The molecule has 0 radical (unpaired) electrons.